The zero-order valence-corrected chi connectivity index (χ0v) is 11.0. The van der Waals surface area contributed by atoms with E-state index in [1.807, 2.05) is 0 Å². The van der Waals surface area contributed by atoms with Crippen molar-refractivity contribution in [1.29, 1.82) is 0 Å². The van der Waals surface area contributed by atoms with Gasteiger partial charge in [-0.15, -0.1) is 0 Å². The predicted octanol–water partition coefficient (Wildman–Crippen LogP) is 0.600. The zero-order chi connectivity index (χ0) is 13.8. The lowest BCUT2D eigenvalue weighted by Gasteiger charge is -2.03. The van der Waals surface area contributed by atoms with Crippen molar-refractivity contribution in [2.75, 3.05) is 18.4 Å². The Balaban J connectivity index is 1.52. The SMILES string of the molecule is O=C(CNCC1CC1)Nc1cnn(-c2ncccn2)c1. The highest BCUT2D eigenvalue weighted by Crippen LogP contribution is 2.27. The van der Waals surface area contributed by atoms with Gasteiger partial charge in [0.15, 0.2) is 0 Å². The highest BCUT2D eigenvalue weighted by molar-refractivity contribution is 5.91. The van der Waals surface area contributed by atoms with Gasteiger partial charge in [-0.05, 0) is 31.4 Å². The van der Waals surface area contributed by atoms with Crippen molar-refractivity contribution in [3.8, 4) is 5.95 Å². The minimum Gasteiger partial charge on any atom is -0.322 e. The van der Waals surface area contributed by atoms with Crippen LogP contribution in [0, 0.1) is 5.92 Å². The van der Waals surface area contributed by atoms with E-state index >= 15 is 0 Å². The van der Waals surface area contributed by atoms with E-state index in [0.29, 0.717) is 18.2 Å². The first-order chi connectivity index (χ1) is 9.81. The average Bonchev–Trinajstić information content (AvgIpc) is 3.17. The molecule has 1 saturated carbocycles. The van der Waals surface area contributed by atoms with E-state index in [9.17, 15) is 4.79 Å². The number of nitrogens with zero attached hydrogens (tertiary/aromatic N) is 4. The van der Waals surface area contributed by atoms with Crippen LogP contribution in [-0.4, -0.2) is 38.7 Å². The second-order valence-corrected chi connectivity index (χ2v) is 4.84. The quantitative estimate of drug-likeness (QED) is 0.804. The molecular formula is C13H16N6O. The third-order valence-electron chi connectivity index (χ3n) is 3.04. The Morgan fingerprint density at radius 3 is 2.90 bits per heavy atom. The van der Waals surface area contributed by atoms with Crippen LogP contribution in [-0.2, 0) is 4.79 Å². The van der Waals surface area contributed by atoms with Crippen molar-refractivity contribution in [3.05, 3.63) is 30.9 Å². The molecule has 2 aromatic heterocycles. The number of hydrogen-bond acceptors (Lipinski definition) is 5. The number of amides is 1. The van der Waals surface area contributed by atoms with E-state index in [0.717, 1.165) is 12.5 Å². The lowest BCUT2D eigenvalue weighted by molar-refractivity contribution is -0.115. The number of anilines is 1. The molecule has 0 atom stereocenters. The van der Waals surface area contributed by atoms with Gasteiger partial charge < -0.3 is 10.6 Å². The lowest BCUT2D eigenvalue weighted by atomic mass is 10.4. The van der Waals surface area contributed by atoms with Gasteiger partial charge in [0.2, 0.25) is 11.9 Å². The summed E-state index contributed by atoms with van der Waals surface area (Å²) in [5.41, 5.74) is 0.635. The van der Waals surface area contributed by atoms with Crippen molar-refractivity contribution in [2.45, 2.75) is 12.8 Å². The van der Waals surface area contributed by atoms with Gasteiger partial charge in [-0.25, -0.2) is 14.6 Å². The number of carbonyl (C=O) groups is 1. The second kappa shape index (κ2) is 5.79. The fraction of sp³-hybridized carbons (Fsp3) is 0.385. The third kappa shape index (κ3) is 3.39. The van der Waals surface area contributed by atoms with Gasteiger partial charge in [0.25, 0.3) is 0 Å². The smallest absolute Gasteiger partial charge is 0.250 e. The van der Waals surface area contributed by atoms with Crippen LogP contribution in [0.4, 0.5) is 5.69 Å². The molecule has 0 bridgehead atoms. The van der Waals surface area contributed by atoms with Crippen molar-refractivity contribution in [1.82, 2.24) is 25.1 Å². The fourth-order valence-corrected chi connectivity index (χ4v) is 1.82. The van der Waals surface area contributed by atoms with Gasteiger partial charge in [-0.1, -0.05) is 0 Å². The Bertz CT molecular complexity index is 578. The number of rotatable bonds is 6. The summed E-state index contributed by atoms with van der Waals surface area (Å²) < 4.78 is 1.52. The molecule has 1 aliphatic rings. The first kappa shape index (κ1) is 12.7. The molecule has 2 heterocycles. The molecule has 0 spiro atoms. The molecule has 2 N–H and O–H groups in total. The highest BCUT2D eigenvalue weighted by Gasteiger charge is 2.20. The van der Waals surface area contributed by atoms with Crippen LogP contribution in [0.2, 0.25) is 0 Å². The summed E-state index contributed by atoms with van der Waals surface area (Å²) in [6, 6.07) is 1.74. The van der Waals surface area contributed by atoms with Gasteiger partial charge in [0.05, 0.1) is 24.6 Å². The van der Waals surface area contributed by atoms with Crippen LogP contribution < -0.4 is 10.6 Å². The number of hydrogen-bond donors (Lipinski definition) is 2. The summed E-state index contributed by atoms with van der Waals surface area (Å²) >= 11 is 0. The molecule has 1 amide bonds. The number of nitrogens with one attached hydrogen (secondary N) is 2. The second-order valence-electron chi connectivity index (χ2n) is 4.84. The molecule has 1 fully saturated rings. The Morgan fingerprint density at radius 1 is 1.35 bits per heavy atom. The Kier molecular flexibility index (Phi) is 3.69. The minimum atomic E-state index is -0.0702. The van der Waals surface area contributed by atoms with Crippen molar-refractivity contribution in [3.63, 3.8) is 0 Å². The molecule has 0 aliphatic heterocycles. The number of aromatic nitrogens is 4. The summed E-state index contributed by atoms with van der Waals surface area (Å²) in [7, 11) is 0. The average molecular weight is 272 g/mol. The minimum absolute atomic E-state index is 0.0702. The molecule has 7 heteroatoms. The molecule has 1 aliphatic carbocycles. The maximum Gasteiger partial charge on any atom is 0.250 e. The summed E-state index contributed by atoms with van der Waals surface area (Å²) in [6.45, 7) is 1.24. The third-order valence-corrected chi connectivity index (χ3v) is 3.04. The zero-order valence-electron chi connectivity index (χ0n) is 11.0. The largest absolute Gasteiger partial charge is 0.322 e. The molecule has 0 aromatic carbocycles. The first-order valence-corrected chi connectivity index (χ1v) is 6.64. The van der Waals surface area contributed by atoms with E-state index in [1.165, 1.54) is 17.5 Å². The molecule has 0 saturated heterocycles. The predicted molar refractivity (Wildman–Crippen MR) is 73.4 cm³/mol. The van der Waals surface area contributed by atoms with E-state index in [4.69, 9.17) is 0 Å². The molecule has 20 heavy (non-hydrogen) atoms. The maximum atomic E-state index is 11.7. The number of carbonyl (C=O) groups excluding carboxylic acids is 1. The summed E-state index contributed by atoms with van der Waals surface area (Å²) in [5.74, 6) is 1.17. The normalized spacial score (nSPS) is 14.2. The van der Waals surface area contributed by atoms with Crippen molar-refractivity contribution in [2.24, 2.45) is 5.92 Å². The topological polar surface area (TPSA) is 84.7 Å². The maximum absolute atomic E-state index is 11.7. The van der Waals surface area contributed by atoms with E-state index < -0.39 is 0 Å². The molecule has 104 valence electrons. The molecule has 3 rings (SSSR count). The van der Waals surface area contributed by atoms with Gasteiger partial charge in [-0.3, -0.25) is 4.79 Å². The molecule has 0 unspecified atom stereocenters. The van der Waals surface area contributed by atoms with E-state index in [2.05, 4.69) is 25.7 Å². The standard InChI is InChI=1S/C13H16N6O/c20-12(8-14-6-10-2-3-10)18-11-7-17-19(9-11)13-15-4-1-5-16-13/h1,4-5,7,9-10,14H,2-3,6,8H2,(H,18,20). The highest BCUT2D eigenvalue weighted by atomic mass is 16.1. The Hall–Kier alpha value is -2.28. The van der Waals surface area contributed by atoms with Crippen molar-refractivity contribution < 1.29 is 4.79 Å². The summed E-state index contributed by atoms with van der Waals surface area (Å²) in [4.78, 5) is 19.9. The molecule has 7 nitrogen and oxygen atoms in total. The van der Waals surface area contributed by atoms with Crippen LogP contribution >= 0.6 is 0 Å². The Morgan fingerprint density at radius 2 is 2.15 bits per heavy atom. The molecule has 0 radical (unpaired) electrons. The Labute approximate surface area is 116 Å². The van der Waals surface area contributed by atoms with Crippen LogP contribution in [0.1, 0.15) is 12.8 Å². The molecule has 2 aromatic rings. The van der Waals surface area contributed by atoms with Crippen molar-refractivity contribution >= 4 is 11.6 Å². The van der Waals surface area contributed by atoms with Crippen LogP contribution in [0.15, 0.2) is 30.9 Å². The van der Waals surface area contributed by atoms with Gasteiger partial charge in [-0.2, -0.15) is 5.10 Å². The lowest BCUT2D eigenvalue weighted by Crippen LogP contribution is -2.29. The fourth-order valence-electron chi connectivity index (χ4n) is 1.82. The molecular weight excluding hydrogens is 256 g/mol. The van der Waals surface area contributed by atoms with Gasteiger partial charge >= 0.3 is 0 Å². The first-order valence-electron chi connectivity index (χ1n) is 6.64. The van der Waals surface area contributed by atoms with Gasteiger partial charge in [0.1, 0.15) is 0 Å². The van der Waals surface area contributed by atoms with E-state index in [-0.39, 0.29) is 5.91 Å². The summed E-state index contributed by atoms with van der Waals surface area (Å²) in [6.07, 6.45) is 9.11. The monoisotopic (exact) mass is 272 g/mol. The van der Waals surface area contributed by atoms with Crippen LogP contribution in [0.3, 0.4) is 0 Å². The van der Waals surface area contributed by atoms with Crippen LogP contribution in [0.25, 0.3) is 5.95 Å². The summed E-state index contributed by atoms with van der Waals surface area (Å²) in [5, 5.41) is 10.0. The van der Waals surface area contributed by atoms with Crippen LogP contribution in [0.5, 0.6) is 0 Å². The van der Waals surface area contributed by atoms with E-state index in [1.54, 1.807) is 30.9 Å². The van der Waals surface area contributed by atoms with Gasteiger partial charge in [0, 0.05) is 12.4 Å².